The topological polar surface area (TPSA) is 12.0 Å². The zero-order valence-corrected chi connectivity index (χ0v) is 12.9. The van der Waals surface area contributed by atoms with Crippen molar-refractivity contribution in [1.29, 1.82) is 0 Å². The Balaban J connectivity index is 2.95. The molecule has 0 spiro atoms. The first-order valence-electron chi connectivity index (χ1n) is 7.15. The fourth-order valence-electron chi connectivity index (χ4n) is 2.35. The zero-order valence-electron chi connectivity index (χ0n) is 12.9. The van der Waals surface area contributed by atoms with Crippen LogP contribution < -0.4 is 5.32 Å². The summed E-state index contributed by atoms with van der Waals surface area (Å²) in [5.74, 6) is 0. The first-order valence-corrected chi connectivity index (χ1v) is 7.15. The number of benzene rings is 1. The summed E-state index contributed by atoms with van der Waals surface area (Å²) in [5.41, 5.74) is 3.25. The maximum atomic E-state index is 3.68. The van der Waals surface area contributed by atoms with Gasteiger partial charge in [-0.1, -0.05) is 43.7 Å². The van der Waals surface area contributed by atoms with Crippen molar-refractivity contribution in [2.75, 3.05) is 6.54 Å². The molecule has 0 saturated heterocycles. The third-order valence-electron chi connectivity index (χ3n) is 3.97. The average molecular weight is 247 g/mol. The third-order valence-corrected chi connectivity index (χ3v) is 3.97. The van der Waals surface area contributed by atoms with Crippen LogP contribution in [0.3, 0.4) is 0 Å². The van der Waals surface area contributed by atoms with Gasteiger partial charge >= 0.3 is 0 Å². The Labute approximate surface area is 113 Å². The lowest BCUT2D eigenvalue weighted by atomic mass is 9.75. The van der Waals surface area contributed by atoms with Crippen LogP contribution in [0.1, 0.15) is 58.6 Å². The summed E-state index contributed by atoms with van der Waals surface area (Å²) in [6.07, 6.45) is 2.35. The molecule has 18 heavy (non-hydrogen) atoms. The highest BCUT2D eigenvalue weighted by molar-refractivity contribution is 5.29. The van der Waals surface area contributed by atoms with Gasteiger partial charge in [-0.2, -0.15) is 0 Å². The Hall–Kier alpha value is -0.820. The fraction of sp³-hybridized carbons (Fsp3) is 0.647. The van der Waals surface area contributed by atoms with E-state index in [1.807, 2.05) is 0 Å². The molecule has 0 saturated carbocycles. The Kier molecular flexibility index (Phi) is 4.98. The molecular weight excluding hydrogens is 218 g/mol. The fourth-order valence-corrected chi connectivity index (χ4v) is 2.35. The van der Waals surface area contributed by atoms with Crippen molar-refractivity contribution in [2.24, 2.45) is 0 Å². The molecule has 1 heteroatoms. The Bertz CT molecular complexity index is 352. The molecule has 0 radical (unpaired) electrons. The number of hydrogen-bond acceptors (Lipinski definition) is 1. The van der Waals surface area contributed by atoms with Crippen molar-refractivity contribution in [2.45, 2.75) is 65.3 Å². The number of rotatable bonds is 5. The van der Waals surface area contributed by atoms with E-state index in [0.717, 1.165) is 6.54 Å². The van der Waals surface area contributed by atoms with Crippen LogP contribution in [0.4, 0.5) is 0 Å². The van der Waals surface area contributed by atoms with Crippen molar-refractivity contribution in [3.05, 3.63) is 35.4 Å². The van der Waals surface area contributed by atoms with Crippen LogP contribution in [-0.4, -0.2) is 12.1 Å². The van der Waals surface area contributed by atoms with Gasteiger partial charge in [-0.15, -0.1) is 0 Å². The van der Waals surface area contributed by atoms with Gasteiger partial charge in [-0.05, 0) is 46.1 Å². The van der Waals surface area contributed by atoms with Gasteiger partial charge in [0.2, 0.25) is 0 Å². The number of hydrogen-bond donors (Lipinski definition) is 1. The normalized spacial score (nSPS) is 12.8. The molecule has 0 atom stereocenters. The molecule has 0 fully saturated rings. The predicted molar refractivity (Wildman–Crippen MR) is 81.2 cm³/mol. The van der Waals surface area contributed by atoms with Crippen LogP contribution in [-0.2, 0) is 5.41 Å². The van der Waals surface area contributed by atoms with E-state index in [4.69, 9.17) is 0 Å². The summed E-state index contributed by atoms with van der Waals surface area (Å²) >= 11 is 0. The highest BCUT2D eigenvalue weighted by Gasteiger charge is 2.29. The van der Waals surface area contributed by atoms with Crippen LogP contribution in [0.2, 0.25) is 0 Å². The standard InChI is InChI=1S/C17H29N/c1-7-17(8-2,13-18-16(4,5)6)15-11-9-14(3)10-12-15/h9-12,18H,7-8,13H2,1-6H3. The molecular formula is C17H29N. The van der Waals surface area contributed by atoms with Crippen LogP contribution in [0.5, 0.6) is 0 Å². The first kappa shape index (κ1) is 15.2. The summed E-state index contributed by atoms with van der Waals surface area (Å²) in [4.78, 5) is 0. The largest absolute Gasteiger partial charge is 0.311 e. The molecule has 0 aliphatic rings. The monoisotopic (exact) mass is 247 g/mol. The van der Waals surface area contributed by atoms with E-state index >= 15 is 0 Å². The molecule has 1 nitrogen and oxygen atoms in total. The first-order chi connectivity index (χ1) is 8.33. The van der Waals surface area contributed by atoms with Gasteiger partial charge in [0.1, 0.15) is 0 Å². The minimum atomic E-state index is 0.181. The van der Waals surface area contributed by atoms with Gasteiger partial charge in [0, 0.05) is 17.5 Å². The summed E-state index contributed by atoms with van der Waals surface area (Å²) in [5, 5.41) is 3.68. The molecule has 0 aliphatic heterocycles. The van der Waals surface area contributed by atoms with Crippen LogP contribution in [0.25, 0.3) is 0 Å². The highest BCUT2D eigenvalue weighted by atomic mass is 15.0. The minimum absolute atomic E-state index is 0.181. The Morgan fingerprint density at radius 2 is 1.44 bits per heavy atom. The van der Waals surface area contributed by atoms with E-state index in [1.54, 1.807) is 0 Å². The van der Waals surface area contributed by atoms with E-state index in [9.17, 15) is 0 Å². The van der Waals surface area contributed by atoms with Gasteiger partial charge in [-0.25, -0.2) is 0 Å². The molecule has 102 valence electrons. The van der Waals surface area contributed by atoms with Crippen LogP contribution >= 0.6 is 0 Å². The molecule has 1 aromatic carbocycles. The van der Waals surface area contributed by atoms with Crippen LogP contribution in [0, 0.1) is 6.92 Å². The third kappa shape index (κ3) is 3.84. The van der Waals surface area contributed by atoms with E-state index < -0.39 is 0 Å². The second kappa shape index (κ2) is 5.88. The second-order valence-corrected chi connectivity index (χ2v) is 6.46. The van der Waals surface area contributed by atoms with Gasteiger partial charge in [-0.3, -0.25) is 0 Å². The summed E-state index contributed by atoms with van der Waals surface area (Å²) in [6, 6.07) is 9.05. The average Bonchev–Trinajstić information content (AvgIpc) is 2.32. The van der Waals surface area contributed by atoms with E-state index in [-0.39, 0.29) is 11.0 Å². The van der Waals surface area contributed by atoms with Crippen molar-refractivity contribution >= 4 is 0 Å². The second-order valence-electron chi connectivity index (χ2n) is 6.46. The molecule has 1 N–H and O–H groups in total. The highest BCUT2D eigenvalue weighted by Crippen LogP contribution is 2.31. The van der Waals surface area contributed by atoms with E-state index in [1.165, 1.54) is 24.0 Å². The van der Waals surface area contributed by atoms with E-state index in [2.05, 4.69) is 71.1 Å². The Morgan fingerprint density at radius 1 is 0.944 bits per heavy atom. The van der Waals surface area contributed by atoms with Gasteiger partial charge in [0.25, 0.3) is 0 Å². The smallest absolute Gasteiger partial charge is 0.00968 e. The molecule has 0 aromatic heterocycles. The SMILES string of the molecule is CCC(CC)(CNC(C)(C)C)c1ccc(C)cc1. The summed E-state index contributed by atoms with van der Waals surface area (Å²) in [7, 11) is 0. The lowest BCUT2D eigenvalue weighted by molar-refractivity contribution is 0.313. The predicted octanol–water partition coefficient (Wildman–Crippen LogP) is 4.44. The molecule has 0 aliphatic carbocycles. The van der Waals surface area contributed by atoms with Gasteiger partial charge in [0.05, 0.1) is 0 Å². The zero-order chi connectivity index (χ0) is 13.8. The van der Waals surface area contributed by atoms with Gasteiger partial charge < -0.3 is 5.32 Å². The molecule has 0 unspecified atom stereocenters. The van der Waals surface area contributed by atoms with Crippen molar-refractivity contribution in [3.63, 3.8) is 0 Å². The lowest BCUT2D eigenvalue weighted by Gasteiger charge is -2.36. The summed E-state index contributed by atoms with van der Waals surface area (Å²) in [6.45, 7) is 14.5. The van der Waals surface area contributed by atoms with E-state index in [0.29, 0.717) is 0 Å². The molecule has 0 heterocycles. The summed E-state index contributed by atoms with van der Waals surface area (Å²) < 4.78 is 0. The van der Waals surface area contributed by atoms with Crippen LogP contribution in [0.15, 0.2) is 24.3 Å². The number of aryl methyl sites for hydroxylation is 1. The quantitative estimate of drug-likeness (QED) is 0.811. The van der Waals surface area contributed by atoms with Crippen molar-refractivity contribution in [3.8, 4) is 0 Å². The van der Waals surface area contributed by atoms with Crippen molar-refractivity contribution < 1.29 is 0 Å². The number of nitrogens with one attached hydrogen (secondary N) is 1. The molecule has 1 rings (SSSR count). The molecule has 0 bridgehead atoms. The van der Waals surface area contributed by atoms with Crippen molar-refractivity contribution in [1.82, 2.24) is 5.32 Å². The molecule has 0 amide bonds. The molecule has 1 aromatic rings. The minimum Gasteiger partial charge on any atom is -0.311 e. The lowest BCUT2D eigenvalue weighted by Crippen LogP contribution is -2.45. The maximum absolute atomic E-state index is 3.68. The maximum Gasteiger partial charge on any atom is 0.00968 e. The Morgan fingerprint density at radius 3 is 1.83 bits per heavy atom. The van der Waals surface area contributed by atoms with Gasteiger partial charge in [0.15, 0.2) is 0 Å².